The summed E-state index contributed by atoms with van der Waals surface area (Å²) in [5.41, 5.74) is 2.45. The molecule has 3 rings (SSSR count). The first kappa shape index (κ1) is 21.2. The third-order valence-corrected chi connectivity index (χ3v) is 5.10. The lowest BCUT2D eigenvalue weighted by atomic mass is 9.90. The summed E-state index contributed by atoms with van der Waals surface area (Å²) in [6, 6.07) is 6.73. The molecule has 0 fully saturated rings. The molecule has 1 unspecified atom stereocenters. The van der Waals surface area contributed by atoms with Gasteiger partial charge in [-0.05, 0) is 25.8 Å². The first-order chi connectivity index (χ1) is 14.4. The van der Waals surface area contributed by atoms with Crippen molar-refractivity contribution >= 4 is 18.0 Å². The van der Waals surface area contributed by atoms with Crippen LogP contribution in [0, 0.1) is 0 Å². The molecule has 0 saturated heterocycles. The Labute approximate surface area is 174 Å². The van der Waals surface area contributed by atoms with Crippen LogP contribution in [0.2, 0.25) is 0 Å². The molecule has 1 aromatic carbocycles. The quantitative estimate of drug-likeness (QED) is 0.407. The number of anilines is 1. The van der Waals surface area contributed by atoms with Crippen LogP contribution in [-0.4, -0.2) is 32.7 Å². The van der Waals surface area contributed by atoms with Gasteiger partial charge in [0, 0.05) is 5.56 Å². The lowest BCUT2D eigenvalue weighted by Crippen LogP contribution is -2.52. The van der Waals surface area contributed by atoms with Crippen molar-refractivity contribution in [1.82, 2.24) is 0 Å². The van der Waals surface area contributed by atoms with Gasteiger partial charge in [-0.25, -0.2) is 14.5 Å². The maximum absolute atomic E-state index is 13.2. The van der Waals surface area contributed by atoms with Gasteiger partial charge in [0.1, 0.15) is 17.2 Å². The number of nitrogens with zero attached hydrogens (tertiary/aromatic N) is 2. The molecule has 1 aromatic heterocycles. The number of carbonyl (C=O) groups excluding carboxylic acids is 2. The maximum atomic E-state index is 13.2. The predicted octanol–water partition coefficient (Wildman–Crippen LogP) is 2.03. The molecule has 2 aromatic rings. The molecule has 1 aliphatic rings. The Hall–Kier alpha value is -3.55. The van der Waals surface area contributed by atoms with E-state index in [0.29, 0.717) is 23.3 Å². The van der Waals surface area contributed by atoms with Crippen molar-refractivity contribution in [3.8, 4) is 5.88 Å². The number of ether oxygens (including phenoxy) is 2. The van der Waals surface area contributed by atoms with Crippen molar-refractivity contribution in [2.75, 3.05) is 25.7 Å². The van der Waals surface area contributed by atoms with Crippen LogP contribution in [0.3, 0.4) is 0 Å². The highest BCUT2D eigenvalue weighted by atomic mass is 16.5. The van der Waals surface area contributed by atoms with E-state index in [2.05, 4.69) is 11.3 Å². The molecule has 30 heavy (non-hydrogen) atoms. The van der Waals surface area contributed by atoms with E-state index in [1.165, 1.54) is 11.7 Å². The molecule has 0 bridgehead atoms. The van der Waals surface area contributed by atoms with Crippen molar-refractivity contribution in [3.63, 3.8) is 0 Å². The summed E-state index contributed by atoms with van der Waals surface area (Å²) in [5.74, 6) is -2.57. The molecule has 0 N–H and O–H groups in total. The zero-order valence-corrected chi connectivity index (χ0v) is 17.4. The molecular formula is C22H24N2O6. The van der Waals surface area contributed by atoms with Crippen LogP contribution < -0.4 is 14.6 Å². The number of hydrogen-bond donors (Lipinski definition) is 0. The average molecular weight is 412 g/mol. The minimum absolute atomic E-state index is 0.129. The van der Waals surface area contributed by atoms with E-state index in [9.17, 15) is 14.7 Å². The number of benzene rings is 1. The highest BCUT2D eigenvalue weighted by Gasteiger charge is 2.46. The van der Waals surface area contributed by atoms with Crippen LogP contribution >= 0.6 is 0 Å². The molecular weight excluding hydrogens is 388 g/mol. The largest absolute Gasteiger partial charge is 0.839 e. The van der Waals surface area contributed by atoms with Gasteiger partial charge >= 0.3 is 18.0 Å². The highest BCUT2D eigenvalue weighted by molar-refractivity contribution is 5.92. The van der Waals surface area contributed by atoms with E-state index >= 15 is 0 Å². The lowest BCUT2D eigenvalue weighted by molar-refractivity contribution is -0.733. The number of oxazole rings is 1. The van der Waals surface area contributed by atoms with Crippen molar-refractivity contribution in [1.29, 1.82) is 0 Å². The van der Waals surface area contributed by atoms with Crippen molar-refractivity contribution in [3.05, 3.63) is 65.1 Å². The molecule has 0 amide bonds. The Morgan fingerprint density at radius 3 is 2.67 bits per heavy atom. The number of esters is 2. The summed E-state index contributed by atoms with van der Waals surface area (Å²) in [6.45, 7) is 7.43. The normalized spacial score (nSPS) is 15.6. The van der Waals surface area contributed by atoms with Gasteiger partial charge in [0.15, 0.2) is 6.04 Å². The molecule has 2 heterocycles. The fraction of sp³-hybridized carbons (Fsp3) is 0.318. The van der Waals surface area contributed by atoms with Gasteiger partial charge < -0.3 is 19.0 Å². The molecule has 0 radical (unpaired) electrons. The van der Waals surface area contributed by atoms with E-state index in [4.69, 9.17) is 9.15 Å². The van der Waals surface area contributed by atoms with E-state index in [-0.39, 0.29) is 12.6 Å². The van der Waals surface area contributed by atoms with Gasteiger partial charge in [-0.1, -0.05) is 30.3 Å². The van der Waals surface area contributed by atoms with E-state index < -0.39 is 29.6 Å². The Bertz CT molecular complexity index is 1040. The van der Waals surface area contributed by atoms with Gasteiger partial charge in [0.05, 0.1) is 20.8 Å². The third kappa shape index (κ3) is 3.34. The first-order valence-electron chi connectivity index (χ1n) is 9.51. The zero-order chi connectivity index (χ0) is 22.0. The van der Waals surface area contributed by atoms with Crippen LogP contribution in [0.25, 0.3) is 0 Å². The number of methoxy groups -OCH3 is 1. The number of aromatic nitrogens is 1. The monoisotopic (exact) mass is 412 g/mol. The summed E-state index contributed by atoms with van der Waals surface area (Å²) in [4.78, 5) is 26.6. The van der Waals surface area contributed by atoms with E-state index in [1.807, 2.05) is 24.3 Å². The maximum Gasteiger partial charge on any atom is 0.462 e. The smallest absolute Gasteiger partial charge is 0.462 e. The summed E-state index contributed by atoms with van der Waals surface area (Å²) in [5, 5.41) is 13.2. The molecule has 8 heteroatoms. The number of allylic oxidation sites excluding steroid dienone is 2. The van der Waals surface area contributed by atoms with Gasteiger partial charge in [-0.3, -0.25) is 0 Å². The first-order valence-corrected chi connectivity index (χ1v) is 9.51. The average Bonchev–Trinajstić information content (AvgIpc) is 3.08. The van der Waals surface area contributed by atoms with Crippen LogP contribution in [0.1, 0.15) is 41.6 Å². The van der Waals surface area contributed by atoms with Gasteiger partial charge in [0.25, 0.3) is 5.76 Å². The lowest BCUT2D eigenvalue weighted by Gasteiger charge is -2.29. The number of fused-ring (bicyclic) bond motifs is 1. The van der Waals surface area contributed by atoms with Crippen molar-refractivity contribution < 1.29 is 33.2 Å². The third-order valence-electron chi connectivity index (χ3n) is 5.10. The van der Waals surface area contributed by atoms with Crippen LogP contribution in [-0.2, 0) is 20.7 Å². The SMILES string of the molecule is C=CCc1ccccc1C1C(C(=O)OCC)=C(C)N(C)c2oc(C(=O)OC)c([O-])[n+]21. The van der Waals surface area contributed by atoms with Gasteiger partial charge in [-0.15, -0.1) is 6.58 Å². The summed E-state index contributed by atoms with van der Waals surface area (Å²) >= 11 is 0. The Morgan fingerprint density at radius 2 is 2.03 bits per heavy atom. The fourth-order valence-electron chi connectivity index (χ4n) is 3.62. The standard InChI is InChI=1S/C22H24N2O6/c1-6-10-14-11-8-9-12-15(14)17-16(20(26)29-7-2)13(3)23(4)22-24(17)19(25)18(30-22)21(27)28-5/h6,8-9,11-12,17H,1,7,10H2,2-5H3. The molecule has 158 valence electrons. The minimum Gasteiger partial charge on any atom is -0.839 e. The summed E-state index contributed by atoms with van der Waals surface area (Å²) in [6.07, 6.45) is 2.27. The zero-order valence-electron chi connectivity index (χ0n) is 17.4. The highest BCUT2D eigenvalue weighted by Crippen LogP contribution is 2.38. The number of rotatable bonds is 6. The Kier molecular flexibility index (Phi) is 5.96. The van der Waals surface area contributed by atoms with Crippen molar-refractivity contribution in [2.45, 2.75) is 26.3 Å². The Morgan fingerprint density at radius 1 is 1.33 bits per heavy atom. The van der Waals surface area contributed by atoms with E-state index in [0.717, 1.165) is 5.56 Å². The Balaban J connectivity index is 2.35. The molecule has 0 saturated carbocycles. The molecule has 0 aliphatic carbocycles. The topological polar surface area (TPSA) is 95.9 Å². The van der Waals surface area contributed by atoms with Crippen LogP contribution in [0.15, 0.2) is 52.6 Å². The summed E-state index contributed by atoms with van der Waals surface area (Å²) in [7, 11) is 2.82. The summed E-state index contributed by atoms with van der Waals surface area (Å²) < 4.78 is 16.9. The number of hydrogen-bond acceptors (Lipinski definition) is 7. The van der Waals surface area contributed by atoms with Crippen LogP contribution in [0.4, 0.5) is 6.01 Å². The number of carbonyl (C=O) groups is 2. The molecule has 1 atom stereocenters. The second-order valence-corrected chi connectivity index (χ2v) is 6.75. The molecule has 0 spiro atoms. The predicted molar refractivity (Wildman–Crippen MR) is 106 cm³/mol. The second kappa shape index (κ2) is 8.44. The second-order valence-electron chi connectivity index (χ2n) is 6.75. The van der Waals surface area contributed by atoms with Gasteiger partial charge in [0.2, 0.25) is 0 Å². The van der Waals surface area contributed by atoms with Gasteiger partial charge in [-0.2, -0.15) is 4.57 Å². The molecule has 8 nitrogen and oxygen atoms in total. The fourth-order valence-corrected chi connectivity index (χ4v) is 3.62. The van der Waals surface area contributed by atoms with E-state index in [1.54, 1.807) is 31.9 Å². The minimum atomic E-state index is -0.885. The van der Waals surface area contributed by atoms with Crippen molar-refractivity contribution in [2.24, 2.45) is 0 Å². The van der Waals surface area contributed by atoms with Crippen LogP contribution in [0.5, 0.6) is 5.88 Å². The molecule has 1 aliphatic heterocycles.